The minimum absolute atomic E-state index is 0.570. The summed E-state index contributed by atoms with van der Waals surface area (Å²) in [6, 6.07) is 9.98. The predicted octanol–water partition coefficient (Wildman–Crippen LogP) is 4.95. The highest BCUT2D eigenvalue weighted by Crippen LogP contribution is 2.33. The summed E-state index contributed by atoms with van der Waals surface area (Å²) in [5, 5.41) is 10.3. The van der Waals surface area contributed by atoms with Crippen molar-refractivity contribution in [2.24, 2.45) is 0 Å². The smallest absolute Gasteiger partial charge is 0.223 e. The van der Waals surface area contributed by atoms with Gasteiger partial charge < -0.3 is 10.1 Å². The van der Waals surface area contributed by atoms with E-state index in [9.17, 15) is 0 Å². The van der Waals surface area contributed by atoms with Crippen LogP contribution in [0.3, 0.4) is 0 Å². The van der Waals surface area contributed by atoms with E-state index < -0.39 is 0 Å². The maximum absolute atomic E-state index is 5.40. The third kappa shape index (κ3) is 3.44. The summed E-state index contributed by atoms with van der Waals surface area (Å²) in [5.74, 6) is 1.41. The van der Waals surface area contributed by atoms with Gasteiger partial charge in [-0.2, -0.15) is 11.3 Å². The molecule has 0 fully saturated rings. The fraction of sp³-hybridized carbons (Fsp3) is 0.105. The van der Waals surface area contributed by atoms with Crippen LogP contribution in [0.15, 0.2) is 58.9 Å². The molecule has 7 heteroatoms. The van der Waals surface area contributed by atoms with Crippen LogP contribution in [0.5, 0.6) is 5.75 Å². The molecule has 0 unspecified atom stereocenters. The van der Waals surface area contributed by atoms with E-state index in [1.165, 1.54) is 0 Å². The topological polar surface area (TPSA) is 59.9 Å². The lowest BCUT2D eigenvalue weighted by molar-refractivity contribution is 0.410. The molecule has 0 amide bonds. The molecule has 4 aromatic rings. The van der Waals surface area contributed by atoms with Gasteiger partial charge in [-0.3, -0.25) is 0 Å². The van der Waals surface area contributed by atoms with E-state index in [4.69, 9.17) is 9.72 Å². The maximum atomic E-state index is 5.40. The molecule has 0 atom stereocenters. The van der Waals surface area contributed by atoms with Gasteiger partial charge in [0.25, 0.3) is 0 Å². The van der Waals surface area contributed by atoms with Gasteiger partial charge in [0.2, 0.25) is 5.95 Å². The fourth-order valence-electron chi connectivity index (χ4n) is 2.62. The molecule has 4 rings (SSSR count). The molecule has 1 aromatic carbocycles. The summed E-state index contributed by atoms with van der Waals surface area (Å²) in [7, 11) is 1.67. The average molecular weight is 380 g/mol. The van der Waals surface area contributed by atoms with Crippen molar-refractivity contribution in [3.05, 3.63) is 64.4 Å². The summed E-state index contributed by atoms with van der Waals surface area (Å²) >= 11 is 3.23. The van der Waals surface area contributed by atoms with Crippen molar-refractivity contribution in [1.29, 1.82) is 0 Å². The molecular weight excluding hydrogens is 364 g/mol. The lowest BCUT2D eigenvalue weighted by Crippen LogP contribution is -2.06. The monoisotopic (exact) mass is 380 g/mol. The predicted molar refractivity (Wildman–Crippen MR) is 107 cm³/mol. The number of rotatable bonds is 6. The van der Waals surface area contributed by atoms with Crippen LogP contribution in [0.2, 0.25) is 0 Å². The summed E-state index contributed by atoms with van der Waals surface area (Å²) in [6.45, 7) is 0.582. The molecule has 5 nitrogen and oxygen atoms in total. The zero-order valence-corrected chi connectivity index (χ0v) is 15.7. The van der Waals surface area contributed by atoms with Gasteiger partial charge in [0.05, 0.1) is 7.11 Å². The van der Waals surface area contributed by atoms with Crippen LogP contribution in [0, 0.1) is 0 Å². The van der Waals surface area contributed by atoms with Crippen LogP contribution in [0.4, 0.5) is 5.95 Å². The van der Waals surface area contributed by atoms with Crippen LogP contribution in [-0.2, 0) is 6.54 Å². The van der Waals surface area contributed by atoms with E-state index in [2.05, 4.69) is 32.1 Å². The Morgan fingerprint density at radius 2 is 2.04 bits per heavy atom. The number of aromatic nitrogens is 3. The maximum Gasteiger partial charge on any atom is 0.223 e. The van der Waals surface area contributed by atoms with Crippen molar-refractivity contribution in [2.75, 3.05) is 12.4 Å². The second kappa shape index (κ2) is 7.63. The zero-order valence-electron chi connectivity index (χ0n) is 14.0. The molecular formula is C19H16N4OS2. The normalized spacial score (nSPS) is 10.7. The Kier molecular flexibility index (Phi) is 4.90. The third-order valence-corrected chi connectivity index (χ3v) is 5.35. The number of methoxy groups -OCH3 is 1. The second-order valence-electron chi connectivity index (χ2n) is 5.47. The quantitative estimate of drug-likeness (QED) is 0.513. The largest absolute Gasteiger partial charge is 0.496 e. The van der Waals surface area contributed by atoms with Crippen molar-refractivity contribution in [3.8, 4) is 27.6 Å². The highest BCUT2D eigenvalue weighted by molar-refractivity contribution is 7.13. The summed E-state index contributed by atoms with van der Waals surface area (Å²) in [6.07, 6.45) is 3.65. The van der Waals surface area contributed by atoms with Gasteiger partial charge in [0.15, 0.2) is 0 Å². The highest BCUT2D eigenvalue weighted by Gasteiger charge is 2.14. The van der Waals surface area contributed by atoms with Crippen molar-refractivity contribution < 1.29 is 4.74 Å². The molecule has 0 aliphatic heterocycles. The zero-order chi connectivity index (χ0) is 17.8. The van der Waals surface area contributed by atoms with Gasteiger partial charge >= 0.3 is 0 Å². The number of nitrogens with one attached hydrogen (secondary N) is 1. The van der Waals surface area contributed by atoms with E-state index in [1.807, 2.05) is 35.8 Å². The van der Waals surface area contributed by atoms with Gasteiger partial charge in [-0.25, -0.2) is 15.0 Å². The number of thiazole rings is 1. The average Bonchev–Trinajstić information content (AvgIpc) is 3.40. The third-order valence-electron chi connectivity index (χ3n) is 3.89. The van der Waals surface area contributed by atoms with Gasteiger partial charge in [0.1, 0.15) is 16.5 Å². The number of nitrogens with zero attached hydrogens (tertiary/aromatic N) is 3. The Balaban J connectivity index is 1.65. The van der Waals surface area contributed by atoms with E-state index in [1.54, 1.807) is 36.0 Å². The first kappa shape index (κ1) is 16.7. The molecule has 0 aliphatic rings. The van der Waals surface area contributed by atoms with Crippen molar-refractivity contribution in [2.45, 2.75) is 6.54 Å². The van der Waals surface area contributed by atoms with Crippen LogP contribution >= 0.6 is 22.7 Å². The Bertz CT molecular complexity index is 985. The van der Waals surface area contributed by atoms with Crippen LogP contribution in [0.25, 0.3) is 21.8 Å². The Hall–Kier alpha value is -2.77. The van der Waals surface area contributed by atoms with Crippen LogP contribution in [0.1, 0.15) is 5.56 Å². The fourth-order valence-corrected chi connectivity index (χ4v) is 3.92. The molecule has 0 radical (unpaired) electrons. The summed E-state index contributed by atoms with van der Waals surface area (Å²) in [5.41, 5.74) is 3.99. The van der Waals surface area contributed by atoms with Crippen molar-refractivity contribution in [3.63, 3.8) is 0 Å². The first-order chi connectivity index (χ1) is 12.8. The molecule has 3 heterocycles. The Morgan fingerprint density at radius 1 is 1.12 bits per heavy atom. The van der Waals surface area contributed by atoms with E-state index in [-0.39, 0.29) is 0 Å². The van der Waals surface area contributed by atoms with Gasteiger partial charge in [-0.15, -0.1) is 11.3 Å². The highest BCUT2D eigenvalue weighted by atomic mass is 32.1. The molecule has 1 N–H and O–H groups in total. The first-order valence-electron chi connectivity index (χ1n) is 8.00. The number of benzene rings is 1. The van der Waals surface area contributed by atoms with Crippen LogP contribution < -0.4 is 10.1 Å². The van der Waals surface area contributed by atoms with E-state index in [0.717, 1.165) is 33.1 Å². The molecule has 0 saturated carbocycles. The molecule has 0 saturated heterocycles. The Morgan fingerprint density at radius 3 is 2.81 bits per heavy atom. The number of para-hydroxylation sites is 1. The van der Waals surface area contributed by atoms with E-state index >= 15 is 0 Å². The van der Waals surface area contributed by atoms with Gasteiger partial charge in [-0.1, -0.05) is 18.2 Å². The lowest BCUT2D eigenvalue weighted by atomic mass is 10.1. The molecule has 3 aromatic heterocycles. The van der Waals surface area contributed by atoms with Crippen LogP contribution in [-0.4, -0.2) is 22.1 Å². The molecule has 0 bridgehead atoms. The summed E-state index contributed by atoms with van der Waals surface area (Å²) < 4.78 is 5.40. The van der Waals surface area contributed by atoms with Gasteiger partial charge in [0, 0.05) is 35.4 Å². The number of hydrogen-bond acceptors (Lipinski definition) is 7. The number of anilines is 1. The van der Waals surface area contributed by atoms with Crippen molar-refractivity contribution >= 4 is 28.6 Å². The molecule has 0 spiro atoms. The van der Waals surface area contributed by atoms with Gasteiger partial charge in [-0.05, 0) is 28.5 Å². The number of hydrogen-bond donors (Lipinski definition) is 1. The molecule has 0 aliphatic carbocycles. The SMILES string of the molecule is COc1ccccc1CNc1ncc(-c2ccsc2)c(-c2nccs2)n1. The summed E-state index contributed by atoms with van der Waals surface area (Å²) in [4.78, 5) is 13.7. The van der Waals surface area contributed by atoms with E-state index in [0.29, 0.717) is 12.5 Å². The second-order valence-corrected chi connectivity index (χ2v) is 7.15. The minimum Gasteiger partial charge on any atom is -0.496 e. The first-order valence-corrected chi connectivity index (χ1v) is 9.82. The number of ether oxygens (including phenoxy) is 1. The number of thiophene rings is 1. The Labute approximate surface area is 159 Å². The standard InChI is InChI=1S/C19H16N4OS2/c1-24-16-5-3-2-4-13(16)10-21-19-22-11-15(14-6-8-25-12-14)17(23-19)18-20-7-9-26-18/h2-9,11-12H,10H2,1H3,(H,21,22,23). The minimum atomic E-state index is 0.570. The molecule has 130 valence electrons. The molecule has 26 heavy (non-hydrogen) atoms. The van der Waals surface area contributed by atoms with Crippen molar-refractivity contribution in [1.82, 2.24) is 15.0 Å². The lowest BCUT2D eigenvalue weighted by Gasteiger charge is -2.11.